The van der Waals surface area contributed by atoms with Crippen LogP contribution in [0.25, 0.3) is 0 Å². The number of ether oxygens (including phenoxy) is 3. The van der Waals surface area contributed by atoms with Gasteiger partial charge in [0.15, 0.2) is 18.1 Å². The summed E-state index contributed by atoms with van der Waals surface area (Å²) in [5.41, 5.74) is 2.12. The molecule has 2 bridgehead atoms. The molecule has 3 heterocycles. The SMILES string of the molecule is CCOC(=O)c1ccc(N2C(=O)C3C(C2=O)[C@@H]2C[C@H]3C3Sc4[nH]c(=O)sc4[C@H](c4ccc(OCC(=O)Nc5ccc(Cl)c(Cl)c5)c(OC)c4)C32)cc1. The van der Waals surface area contributed by atoms with Crippen molar-refractivity contribution in [3.8, 4) is 11.5 Å². The minimum Gasteiger partial charge on any atom is -0.493 e. The van der Waals surface area contributed by atoms with Crippen molar-refractivity contribution in [1.29, 1.82) is 0 Å². The van der Waals surface area contributed by atoms with E-state index in [-0.39, 0.29) is 58.8 Å². The Bertz CT molecular complexity index is 2190. The van der Waals surface area contributed by atoms with Crippen LogP contribution in [0.15, 0.2) is 70.5 Å². The molecule has 4 unspecified atom stereocenters. The molecule has 3 aromatic carbocycles. The van der Waals surface area contributed by atoms with Crippen molar-refractivity contribution >= 4 is 81.4 Å². The summed E-state index contributed by atoms with van der Waals surface area (Å²) in [5.74, 6) is -1.99. The van der Waals surface area contributed by atoms with Crippen molar-refractivity contribution < 1.29 is 33.4 Å². The quantitative estimate of drug-likeness (QED) is 0.141. The number of thiazole rings is 1. The van der Waals surface area contributed by atoms with Crippen molar-refractivity contribution in [2.45, 2.75) is 29.5 Å². The van der Waals surface area contributed by atoms with Crippen molar-refractivity contribution in [3.05, 3.63) is 96.4 Å². The largest absolute Gasteiger partial charge is 0.493 e. The maximum absolute atomic E-state index is 14.2. The Morgan fingerprint density at radius 3 is 2.40 bits per heavy atom. The molecule has 8 rings (SSSR count). The molecule has 0 spiro atoms. The van der Waals surface area contributed by atoms with E-state index in [1.807, 2.05) is 12.1 Å². The number of hydrogen-bond donors (Lipinski definition) is 2. The van der Waals surface area contributed by atoms with Crippen LogP contribution >= 0.6 is 46.3 Å². The van der Waals surface area contributed by atoms with E-state index in [0.29, 0.717) is 38.5 Å². The highest BCUT2D eigenvalue weighted by Gasteiger charge is 2.69. The van der Waals surface area contributed by atoms with E-state index in [4.69, 9.17) is 37.4 Å². The highest BCUT2D eigenvalue weighted by Crippen LogP contribution is 2.68. The summed E-state index contributed by atoms with van der Waals surface area (Å²) in [4.78, 5) is 70.9. The molecular weight excluding hydrogens is 749 g/mol. The normalized spacial score (nSPS) is 25.4. The van der Waals surface area contributed by atoms with E-state index in [9.17, 15) is 24.0 Å². The first-order valence-electron chi connectivity index (χ1n) is 16.7. The van der Waals surface area contributed by atoms with Gasteiger partial charge >= 0.3 is 10.8 Å². The maximum atomic E-state index is 14.2. The minimum absolute atomic E-state index is 0.0103. The van der Waals surface area contributed by atoms with Gasteiger partial charge in [-0.05, 0) is 91.3 Å². The average Bonchev–Trinajstić information content (AvgIpc) is 3.87. The summed E-state index contributed by atoms with van der Waals surface area (Å²) >= 11 is 14.8. The lowest BCUT2D eigenvalue weighted by molar-refractivity contribution is -0.123. The Morgan fingerprint density at radius 2 is 1.69 bits per heavy atom. The van der Waals surface area contributed by atoms with Crippen LogP contribution < -0.4 is 24.6 Å². The van der Waals surface area contributed by atoms with Crippen molar-refractivity contribution in [2.24, 2.45) is 29.6 Å². The van der Waals surface area contributed by atoms with Crippen LogP contribution in [-0.4, -0.2) is 54.2 Å². The summed E-state index contributed by atoms with van der Waals surface area (Å²) < 4.78 is 16.7. The molecule has 3 fully saturated rings. The van der Waals surface area contributed by atoms with Gasteiger partial charge in [-0.15, -0.1) is 11.8 Å². The smallest absolute Gasteiger partial charge is 0.338 e. The average molecular weight is 781 g/mol. The maximum Gasteiger partial charge on any atom is 0.338 e. The first kappa shape index (κ1) is 34.8. The number of esters is 1. The molecule has 268 valence electrons. The van der Waals surface area contributed by atoms with Crippen molar-refractivity contribution in [1.82, 2.24) is 4.98 Å². The van der Waals surface area contributed by atoms with Crippen LogP contribution in [0.2, 0.25) is 10.0 Å². The topological polar surface area (TPSA) is 144 Å². The van der Waals surface area contributed by atoms with Crippen LogP contribution in [0.5, 0.6) is 11.5 Å². The zero-order valence-corrected chi connectivity index (χ0v) is 30.9. The number of amides is 3. The molecule has 15 heteroatoms. The molecule has 7 atom stereocenters. The molecule has 11 nitrogen and oxygen atoms in total. The lowest BCUT2D eigenvalue weighted by atomic mass is 9.68. The highest BCUT2D eigenvalue weighted by molar-refractivity contribution is 8.00. The number of nitrogens with one attached hydrogen (secondary N) is 2. The van der Waals surface area contributed by atoms with E-state index in [2.05, 4.69) is 10.3 Å². The number of carbonyl (C=O) groups is 4. The number of carbonyl (C=O) groups excluding carboxylic acids is 4. The number of nitrogens with zero attached hydrogens (tertiary/aromatic N) is 1. The Hall–Kier alpha value is -4.30. The van der Waals surface area contributed by atoms with Crippen molar-refractivity contribution in [2.75, 3.05) is 30.5 Å². The number of benzene rings is 3. The molecular formula is C37H31Cl2N3O8S2. The van der Waals surface area contributed by atoms with E-state index >= 15 is 0 Å². The molecule has 1 aromatic heterocycles. The van der Waals surface area contributed by atoms with E-state index in [1.54, 1.807) is 67.2 Å². The fourth-order valence-corrected chi connectivity index (χ4v) is 11.7. The predicted molar refractivity (Wildman–Crippen MR) is 197 cm³/mol. The Labute approximate surface area is 315 Å². The van der Waals surface area contributed by atoms with Crippen LogP contribution in [0.3, 0.4) is 0 Å². The number of anilines is 2. The van der Waals surface area contributed by atoms with Crippen LogP contribution in [0, 0.1) is 29.6 Å². The number of H-pyrrole nitrogens is 1. The van der Waals surface area contributed by atoms with Crippen LogP contribution in [0.4, 0.5) is 11.4 Å². The van der Waals surface area contributed by atoms with Gasteiger partial charge in [-0.3, -0.25) is 24.1 Å². The predicted octanol–water partition coefficient (Wildman–Crippen LogP) is 6.62. The zero-order valence-electron chi connectivity index (χ0n) is 27.7. The second kappa shape index (κ2) is 13.6. The van der Waals surface area contributed by atoms with E-state index in [1.165, 1.54) is 12.0 Å². The number of fused-ring (bicyclic) bond motifs is 9. The molecule has 2 aliphatic carbocycles. The lowest BCUT2D eigenvalue weighted by Gasteiger charge is -2.43. The molecule has 1 saturated heterocycles. The molecule has 2 aliphatic heterocycles. The number of methoxy groups -OCH3 is 1. The Balaban J connectivity index is 1.06. The fourth-order valence-electron chi connectivity index (χ4n) is 8.52. The Morgan fingerprint density at radius 1 is 0.942 bits per heavy atom. The minimum atomic E-state index is -0.498. The summed E-state index contributed by atoms with van der Waals surface area (Å²) in [7, 11) is 1.51. The fraction of sp³-hybridized carbons (Fsp3) is 0.324. The van der Waals surface area contributed by atoms with Gasteiger partial charge in [0.05, 0.1) is 51.9 Å². The molecule has 4 aromatic rings. The first-order chi connectivity index (χ1) is 25.1. The molecule has 2 saturated carbocycles. The number of thioether (sulfide) groups is 1. The van der Waals surface area contributed by atoms with Gasteiger partial charge in [-0.25, -0.2) is 4.79 Å². The Kier molecular flexibility index (Phi) is 9.09. The second-order valence-electron chi connectivity index (χ2n) is 13.1. The van der Waals surface area contributed by atoms with E-state index < -0.39 is 23.7 Å². The van der Waals surface area contributed by atoms with Gasteiger partial charge in [-0.2, -0.15) is 0 Å². The first-order valence-corrected chi connectivity index (χ1v) is 19.1. The third-order valence-corrected chi connectivity index (χ3v) is 13.8. The molecule has 52 heavy (non-hydrogen) atoms. The summed E-state index contributed by atoms with van der Waals surface area (Å²) in [6.45, 7) is 1.67. The van der Waals surface area contributed by atoms with Gasteiger partial charge in [0.25, 0.3) is 5.91 Å². The van der Waals surface area contributed by atoms with E-state index in [0.717, 1.165) is 33.2 Å². The number of halogens is 2. The third kappa shape index (κ3) is 5.78. The highest BCUT2D eigenvalue weighted by atomic mass is 35.5. The van der Waals surface area contributed by atoms with Gasteiger partial charge < -0.3 is 24.5 Å². The third-order valence-electron chi connectivity index (χ3n) is 10.5. The van der Waals surface area contributed by atoms with Crippen LogP contribution in [0.1, 0.15) is 40.1 Å². The number of rotatable bonds is 9. The summed E-state index contributed by atoms with van der Waals surface area (Å²) in [6.07, 6.45) is 0.729. The van der Waals surface area contributed by atoms with Gasteiger partial charge in [0.1, 0.15) is 0 Å². The molecule has 3 amide bonds. The van der Waals surface area contributed by atoms with Gasteiger partial charge in [0, 0.05) is 21.7 Å². The molecule has 0 radical (unpaired) electrons. The number of aromatic nitrogens is 1. The molecule has 4 aliphatic rings. The number of imide groups is 1. The van der Waals surface area contributed by atoms with Gasteiger partial charge in [0.2, 0.25) is 11.8 Å². The van der Waals surface area contributed by atoms with Crippen LogP contribution in [-0.2, 0) is 19.1 Å². The monoisotopic (exact) mass is 779 g/mol. The summed E-state index contributed by atoms with van der Waals surface area (Å²) in [6, 6.07) is 16.6. The standard InChI is InChI=1S/C37H31Cl2N3O8S2/c1-3-49-36(46)16-4-8-19(9-5-16)42-34(44)29-20-14-21(30(29)35(42)45)31-28(20)27(32-33(51-31)41-37(47)52-32)17-6-11-24(25(12-17)48-2)50-15-26(43)40-18-7-10-22(38)23(39)13-18/h4-13,20-21,27-31H,3,14-15H2,1-2H3,(H,40,43)(H,41,47)/t20-,21-,27-,28?,29?,30?,31?/m1/s1. The zero-order chi connectivity index (χ0) is 36.4. The number of hydrogen-bond acceptors (Lipinski definition) is 10. The lowest BCUT2D eigenvalue weighted by Crippen LogP contribution is -2.42. The van der Waals surface area contributed by atoms with Crippen molar-refractivity contribution in [3.63, 3.8) is 0 Å². The summed E-state index contributed by atoms with van der Waals surface area (Å²) in [5, 5.41) is 4.19. The second-order valence-corrected chi connectivity index (χ2v) is 16.1. The van der Waals surface area contributed by atoms with Gasteiger partial charge in [-0.1, -0.05) is 40.6 Å². The molecule has 2 N–H and O–H groups in total. The number of aromatic amines is 1.